The second-order valence-electron chi connectivity index (χ2n) is 3.92. The summed E-state index contributed by atoms with van der Waals surface area (Å²) in [7, 11) is 0. The van der Waals surface area contributed by atoms with Crippen molar-refractivity contribution < 1.29 is 59.7 Å². The van der Waals surface area contributed by atoms with E-state index in [1.54, 1.807) is 0 Å². The Morgan fingerprint density at radius 2 is 0.870 bits per heavy atom. The van der Waals surface area contributed by atoms with E-state index in [0.717, 1.165) is 24.3 Å². The van der Waals surface area contributed by atoms with Gasteiger partial charge in [-0.25, -0.2) is 0 Å². The Bertz CT molecular complexity index is 612. The number of hydrogen-bond donors (Lipinski definition) is 4. The Morgan fingerprint density at radius 1 is 0.652 bits per heavy atom. The van der Waals surface area contributed by atoms with Gasteiger partial charge < -0.3 is 40.2 Å². The molecular formula is C14H10O8Zn. The first-order valence-electron chi connectivity index (χ1n) is 5.70. The van der Waals surface area contributed by atoms with Crippen molar-refractivity contribution in [3.8, 4) is 23.0 Å². The van der Waals surface area contributed by atoms with Crippen LogP contribution in [0.3, 0.4) is 0 Å². The van der Waals surface area contributed by atoms with Crippen molar-refractivity contribution in [1.29, 1.82) is 0 Å². The summed E-state index contributed by atoms with van der Waals surface area (Å²) in [6, 6.07) is 7.29. The molecule has 2 aromatic carbocycles. The van der Waals surface area contributed by atoms with Gasteiger partial charge in [-0.1, -0.05) is 12.1 Å². The molecule has 0 bridgehead atoms. The zero-order valence-electron chi connectivity index (χ0n) is 11.6. The number of aromatic carboxylic acids is 2. The van der Waals surface area contributed by atoms with E-state index in [-0.39, 0.29) is 19.5 Å². The molecule has 0 heterocycles. The topological polar surface area (TPSA) is 161 Å². The van der Waals surface area contributed by atoms with Crippen LogP contribution in [0.25, 0.3) is 0 Å². The first kappa shape index (κ1) is 20.2. The first-order valence-corrected chi connectivity index (χ1v) is 5.70. The molecule has 0 amide bonds. The van der Waals surface area contributed by atoms with E-state index in [2.05, 4.69) is 0 Å². The van der Waals surface area contributed by atoms with Crippen LogP contribution in [0, 0.1) is 0 Å². The van der Waals surface area contributed by atoms with Gasteiger partial charge in [0.05, 0.1) is 23.1 Å². The molecule has 2 aromatic rings. The molecule has 9 heteroatoms. The number of aromatic hydroxyl groups is 4. The molecule has 0 atom stereocenters. The predicted molar refractivity (Wildman–Crippen MR) is 68.2 cm³/mol. The fourth-order valence-corrected chi connectivity index (χ4v) is 1.47. The molecule has 4 N–H and O–H groups in total. The number of phenols is 4. The van der Waals surface area contributed by atoms with Crippen molar-refractivity contribution in [3.63, 3.8) is 0 Å². The maximum atomic E-state index is 10.2. The molecule has 0 aliphatic heterocycles. The minimum atomic E-state index is -1.60. The molecule has 2 rings (SSSR count). The van der Waals surface area contributed by atoms with Gasteiger partial charge in [0.2, 0.25) is 0 Å². The van der Waals surface area contributed by atoms with Gasteiger partial charge in [0.25, 0.3) is 0 Å². The molecule has 0 unspecified atom stereocenters. The van der Waals surface area contributed by atoms with Crippen molar-refractivity contribution in [1.82, 2.24) is 0 Å². The standard InChI is InChI=1S/2C7H6O4.Zn/c2*8-4-2-1-3-5(9)6(4)7(10)11;/h2*1-3,8-9H,(H,10,11);/q;;+2/p-2. The summed E-state index contributed by atoms with van der Waals surface area (Å²) in [4.78, 5) is 20.4. The Kier molecular flexibility index (Phi) is 7.55. The summed E-state index contributed by atoms with van der Waals surface area (Å²) in [6.07, 6.45) is 0. The van der Waals surface area contributed by atoms with Gasteiger partial charge in [-0.15, -0.1) is 0 Å². The van der Waals surface area contributed by atoms with E-state index in [4.69, 9.17) is 20.4 Å². The SMILES string of the molecule is O=C([O-])c1c(O)cccc1O.O=C([O-])c1c(O)cccc1O.[Zn+2]. The minimum absolute atomic E-state index is 0. The number of carbonyl (C=O) groups excluding carboxylic acids is 2. The zero-order valence-corrected chi connectivity index (χ0v) is 14.6. The van der Waals surface area contributed by atoms with Crippen LogP contribution in [-0.4, -0.2) is 32.4 Å². The van der Waals surface area contributed by atoms with E-state index in [0.29, 0.717) is 0 Å². The molecular weight excluding hydrogens is 362 g/mol. The van der Waals surface area contributed by atoms with E-state index < -0.39 is 46.1 Å². The first-order chi connectivity index (χ1) is 10.3. The van der Waals surface area contributed by atoms with Crippen LogP contribution >= 0.6 is 0 Å². The number of carbonyl (C=O) groups is 2. The predicted octanol–water partition coefficient (Wildman–Crippen LogP) is -1.08. The van der Waals surface area contributed by atoms with Crippen LogP contribution < -0.4 is 10.2 Å². The third-order valence-corrected chi connectivity index (χ3v) is 2.45. The monoisotopic (exact) mass is 370 g/mol. The van der Waals surface area contributed by atoms with Crippen molar-refractivity contribution in [2.45, 2.75) is 0 Å². The van der Waals surface area contributed by atoms with Gasteiger partial charge in [0, 0.05) is 0 Å². The molecule has 0 saturated heterocycles. The average molecular weight is 372 g/mol. The van der Waals surface area contributed by atoms with E-state index in [1.165, 1.54) is 12.1 Å². The van der Waals surface area contributed by atoms with Crippen LogP contribution in [0.1, 0.15) is 20.7 Å². The van der Waals surface area contributed by atoms with E-state index in [9.17, 15) is 19.8 Å². The zero-order chi connectivity index (χ0) is 16.9. The van der Waals surface area contributed by atoms with Gasteiger partial charge in [0.15, 0.2) is 0 Å². The average Bonchev–Trinajstić information content (AvgIpc) is 2.38. The molecule has 116 valence electrons. The molecule has 0 spiro atoms. The summed E-state index contributed by atoms with van der Waals surface area (Å²) >= 11 is 0. The van der Waals surface area contributed by atoms with Gasteiger partial charge in [-0.3, -0.25) is 0 Å². The van der Waals surface area contributed by atoms with Gasteiger partial charge in [-0.05, 0) is 24.3 Å². The molecule has 0 saturated carbocycles. The summed E-state index contributed by atoms with van der Waals surface area (Å²) in [6.45, 7) is 0. The van der Waals surface area contributed by atoms with Crippen LogP contribution in [0.4, 0.5) is 0 Å². The van der Waals surface area contributed by atoms with Gasteiger partial charge in [0.1, 0.15) is 23.0 Å². The number of hydrogen-bond acceptors (Lipinski definition) is 8. The second kappa shape index (κ2) is 8.60. The van der Waals surface area contributed by atoms with Crippen LogP contribution in [0.15, 0.2) is 36.4 Å². The summed E-state index contributed by atoms with van der Waals surface area (Å²) < 4.78 is 0. The van der Waals surface area contributed by atoms with Crippen molar-refractivity contribution in [2.24, 2.45) is 0 Å². The van der Waals surface area contributed by atoms with Gasteiger partial charge in [-0.2, -0.15) is 0 Å². The molecule has 8 nitrogen and oxygen atoms in total. The smallest absolute Gasteiger partial charge is 0.545 e. The fourth-order valence-electron chi connectivity index (χ4n) is 1.47. The van der Waals surface area contributed by atoms with Gasteiger partial charge >= 0.3 is 19.5 Å². The Labute approximate surface area is 142 Å². The Hall–Kier alpha value is -2.80. The summed E-state index contributed by atoms with van der Waals surface area (Å²) in [5.41, 5.74) is -1.15. The second-order valence-corrected chi connectivity index (χ2v) is 3.92. The molecule has 0 radical (unpaired) electrons. The third kappa shape index (κ3) is 5.16. The van der Waals surface area contributed by atoms with Crippen LogP contribution in [-0.2, 0) is 19.5 Å². The number of benzene rings is 2. The fraction of sp³-hybridized carbons (Fsp3) is 0. The molecule has 0 aliphatic carbocycles. The van der Waals surface area contributed by atoms with E-state index >= 15 is 0 Å². The maximum absolute atomic E-state index is 10.2. The van der Waals surface area contributed by atoms with Crippen molar-refractivity contribution in [2.75, 3.05) is 0 Å². The summed E-state index contributed by atoms with van der Waals surface area (Å²) in [5, 5.41) is 55.9. The van der Waals surface area contributed by atoms with Crippen LogP contribution in [0.5, 0.6) is 23.0 Å². The Balaban J connectivity index is 0.000000403. The molecule has 23 heavy (non-hydrogen) atoms. The Morgan fingerprint density at radius 3 is 1.00 bits per heavy atom. The van der Waals surface area contributed by atoms with Crippen molar-refractivity contribution >= 4 is 11.9 Å². The molecule has 0 fully saturated rings. The van der Waals surface area contributed by atoms with Crippen molar-refractivity contribution in [3.05, 3.63) is 47.5 Å². The summed E-state index contributed by atoms with van der Waals surface area (Å²) in [5.74, 6) is -5.17. The van der Waals surface area contributed by atoms with Crippen LogP contribution in [0.2, 0.25) is 0 Å². The third-order valence-electron chi connectivity index (χ3n) is 2.45. The number of carboxylic acids is 2. The largest absolute Gasteiger partial charge is 2.00 e. The van der Waals surface area contributed by atoms with E-state index in [1.807, 2.05) is 0 Å². The normalized spacial score (nSPS) is 9.04. The molecule has 0 aliphatic rings. The number of rotatable bonds is 2. The maximum Gasteiger partial charge on any atom is 2.00 e. The quantitative estimate of drug-likeness (QED) is 0.485. The number of carboxylic acid groups (broad SMARTS) is 2. The molecule has 0 aromatic heterocycles. The minimum Gasteiger partial charge on any atom is -0.545 e.